The number of benzene rings is 2. The van der Waals surface area contributed by atoms with E-state index in [4.69, 9.17) is 28.3 Å². The molecule has 4 aliphatic rings. The monoisotopic (exact) mass is 906 g/mol. The van der Waals surface area contributed by atoms with Crippen LogP contribution in [0.2, 0.25) is 0 Å². The maximum atomic E-state index is 12.8. The molecule has 2 amide bonds. The smallest absolute Gasteiger partial charge is 0.332 e. The molecule has 2 fully saturated rings. The first-order valence-electron chi connectivity index (χ1n) is 21.6. The van der Waals surface area contributed by atoms with Gasteiger partial charge < -0.3 is 29.5 Å². The van der Waals surface area contributed by atoms with Gasteiger partial charge in [-0.1, -0.05) is 51.3 Å². The fraction of sp³-hybridized carbons (Fsp3) is 0.435. The van der Waals surface area contributed by atoms with E-state index in [1.807, 2.05) is 24.3 Å². The number of fused-ring (bicyclic) bond motifs is 2. The largest absolute Gasteiger partial charge is 0.387 e. The Morgan fingerprint density at radius 3 is 1.80 bits per heavy atom. The van der Waals surface area contributed by atoms with E-state index < -0.39 is 31.3 Å². The molecule has 0 bridgehead atoms. The first-order chi connectivity index (χ1) is 30.8. The standard InChI is InChI=1S/C23H27N5O3S.C16H11N3O.C7H16N2O2S/c1-3-28-13-10-18(11-14-28)32(30,31)27-23(29)26-22-19-6-4-5-16(19)7-8-20(22)17-9-12-25-21(15-17)24-2;1-18-15-9-12(7-8-19-15)14-6-5-11-3-2-4-13(11)16(14)20-10-17;1-2-9-5-3-7(4-6-9)12(8,10)11/h7-9,12,15,18H,3-6,10-11,13-14H2,1H3,(H2,26,27,29);5-9H,2-4H2;7H,2-6H2,1H3,(H2,8,10,11). The molecule has 0 radical (unpaired) electrons. The molecule has 2 aromatic carbocycles. The Hall–Kier alpha value is -5.94. The van der Waals surface area contributed by atoms with Gasteiger partial charge in [-0.15, -0.1) is 15.2 Å². The van der Waals surface area contributed by atoms with Crippen LogP contribution in [0.5, 0.6) is 5.75 Å². The van der Waals surface area contributed by atoms with Gasteiger partial charge in [0.05, 0.1) is 16.2 Å². The lowest BCUT2D eigenvalue weighted by molar-refractivity contribution is 0.240. The number of aromatic nitrogens is 2. The summed E-state index contributed by atoms with van der Waals surface area (Å²) in [4.78, 5) is 32.0. The van der Waals surface area contributed by atoms with E-state index in [1.165, 1.54) is 5.56 Å². The summed E-state index contributed by atoms with van der Waals surface area (Å²) in [5.41, 5.74) is 8.35. The number of pyridine rings is 2. The number of carbonyl (C=O) groups is 1. The predicted molar refractivity (Wildman–Crippen MR) is 247 cm³/mol. The highest BCUT2D eigenvalue weighted by molar-refractivity contribution is 7.90. The van der Waals surface area contributed by atoms with Gasteiger partial charge in [-0.3, -0.25) is 0 Å². The number of aryl methyl sites for hydroxylation is 2. The zero-order valence-electron chi connectivity index (χ0n) is 36.2. The number of carbonyl (C=O) groups excluding carboxylic acids is 1. The van der Waals surface area contributed by atoms with Crippen molar-refractivity contribution in [1.29, 1.82) is 5.26 Å². The Morgan fingerprint density at radius 1 is 0.781 bits per heavy atom. The molecule has 0 atom stereocenters. The number of urea groups is 1. The van der Waals surface area contributed by atoms with Gasteiger partial charge in [0.25, 0.3) is 17.9 Å². The van der Waals surface area contributed by atoms with Crippen molar-refractivity contribution in [2.45, 2.75) is 88.6 Å². The van der Waals surface area contributed by atoms with Crippen LogP contribution >= 0.6 is 0 Å². The number of anilines is 1. The number of nitrogens with two attached hydrogens (primary N) is 1. The van der Waals surface area contributed by atoms with Crippen molar-refractivity contribution < 1.29 is 26.4 Å². The van der Waals surface area contributed by atoms with Gasteiger partial charge in [0.2, 0.25) is 20.0 Å². The Labute approximate surface area is 376 Å². The highest BCUT2D eigenvalue weighted by Crippen LogP contribution is 2.40. The number of primary sulfonamides is 1. The molecular formula is C46H54N10O6S2. The van der Waals surface area contributed by atoms with Crippen LogP contribution in [0.15, 0.2) is 60.9 Å². The molecule has 4 heterocycles. The number of amides is 2. The van der Waals surface area contributed by atoms with Crippen molar-refractivity contribution in [2.75, 3.05) is 44.6 Å². The Balaban J connectivity index is 0.000000180. The summed E-state index contributed by atoms with van der Waals surface area (Å²) in [6.45, 7) is 23.4. The third-order valence-electron chi connectivity index (χ3n) is 12.3. The highest BCUT2D eigenvalue weighted by atomic mass is 32.2. The second-order valence-electron chi connectivity index (χ2n) is 16.1. The number of piperidine rings is 2. The molecule has 4 N–H and O–H groups in total. The van der Waals surface area contributed by atoms with E-state index in [0.29, 0.717) is 56.0 Å². The summed E-state index contributed by atoms with van der Waals surface area (Å²) < 4.78 is 55.0. The summed E-state index contributed by atoms with van der Waals surface area (Å²) in [6.07, 6.45) is 13.1. The lowest BCUT2D eigenvalue weighted by Crippen LogP contribution is -2.46. The second kappa shape index (κ2) is 21.6. The van der Waals surface area contributed by atoms with E-state index in [0.717, 1.165) is 104 Å². The Bertz CT molecular complexity index is 2680. The molecule has 16 nitrogen and oxygen atoms in total. The maximum absolute atomic E-state index is 12.8. The number of nitrogens with zero attached hydrogens (tertiary/aromatic N) is 7. The lowest BCUT2D eigenvalue weighted by Gasteiger charge is -2.30. The topological polar surface area (TPSA) is 209 Å². The molecule has 8 rings (SSSR count). The van der Waals surface area contributed by atoms with Gasteiger partial charge in [0, 0.05) is 11.1 Å². The molecule has 18 heteroatoms. The molecule has 0 saturated carbocycles. The van der Waals surface area contributed by atoms with Crippen LogP contribution < -0.4 is 19.9 Å². The van der Waals surface area contributed by atoms with Gasteiger partial charge >= 0.3 is 6.03 Å². The van der Waals surface area contributed by atoms with E-state index in [1.54, 1.807) is 36.8 Å². The Kier molecular flexibility index (Phi) is 16.1. The quantitative estimate of drug-likeness (QED) is 0.114. The van der Waals surface area contributed by atoms with Gasteiger partial charge in [-0.05, 0) is 161 Å². The molecule has 0 unspecified atom stereocenters. The van der Waals surface area contributed by atoms with Crippen molar-refractivity contribution in [2.24, 2.45) is 5.14 Å². The number of rotatable bonds is 9. The zero-order valence-corrected chi connectivity index (χ0v) is 37.8. The van der Waals surface area contributed by atoms with Crippen molar-refractivity contribution in [3.05, 3.63) is 106 Å². The summed E-state index contributed by atoms with van der Waals surface area (Å²) in [6, 6.07) is 14.2. The number of likely N-dealkylation sites (tertiary alicyclic amines) is 2. The van der Waals surface area contributed by atoms with Crippen LogP contribution in [0, 0.1) is 24.7 Å². The van der Waals surface area contributed by atoms with Crippen molar-refractivity contribution >= 4 is 43.4 Å². The average molecular weight is 907 g/mol. The minimum absolute atomic E-state index is 0.263. The predicted octanol–water partition coefficient (Wildman–Crippen LogP) is 7.13. The SMILES string of the molecule is CCN1CCC(S(N)(=O)=O)CC1.[C-]#[N+]c1cc(-c2ccc3c(c2NC(=O)NS(=O)(=O)C2CCN(CC)CC2)CCC3)ccn1.[C-]#[N+]c1cc(-c2ccc3c(c2OC#N)CCC3)ccn1. The molecule has 0 spiro atoms. The fourth-order valence-corrected chi connectivity index (χ4v) is 11.0. The number of hydrogen-bond acceptors (Lipinski definition) is 11. The zero-order chi connectivity index (χ0) is 45.9. The van der Waals surface area contributed by atoms with Crippen LogP contribution in [0.4, 0.5) is 22.1 Å². The molecule has 64 heavy (non-hydrogen) atoms. The van der Waals surface area contributed by atoms with Crippen LogP contribution in [-0.2, 0) is 45.7 Å². The molecule has 2 aromatic heterocycles. The first-order valence-corrected chi connectivity index (χ1v) is 24.8. The first kappa shape index (κ1) is 47.5. The molecule has 2 aliphatic heterocycles. The fourth-order valence-electron chi connectivity index (χ4n) is 8.81. The van der Waals surface area contributed by atoms with Gasteiger partial charge in [-0.2, -0.15) is 0 Å². The molecular weight excluding hydrogens is 853 g/mol. The minimum atomic E-state index is -3.78. The van der Waals surface area contributed by atoms with Crippen LogP contribution in [0.25, 0.3) is 31.9 Å². The second-order valence-corrected chi connectivity index (χ2v) is 19.9. The summed E-state index contributed by atoms with van der Waals surface area (Å²) in [5, 5.41) is 15.9. The maximum Gasteiger partial charge on any atom is 0.332 e. The lowest BCUT2D eigenvalue weighted by atomic mass is 9.98. The van der Waals surface area contributed by atoms with Crippen molar-refractivity contribution in [3.8, 4) is 34.3 Å². The third-order valence-corrected chi connectivity index (χ3v) is 15.6. The molecule has 2 aliphatic carbocycles. The number of sulfonamides is 2. The van der Waals surface area contributed by atoms with E-state index in [9.17, 15) is 21.6 Å². The summed E-state index contributed by atoms with van der Waals surface area (Å²) in [5.74, 6) is 1.23. The van der Waals surface area contributed by atoms with Crippen molar-refractivity contribution in [3.63, 3.8) is 0 Å². The highest BCUT2D eigenvalue weighted by Gasteiger charge is 2.32. The van der Waals surface area contributed by atoms with Crippen LogP contribution in [0.1, 0.15) is 74.6 Å². The van der Waals surface area contributed by atoms with Crippen molar-refractivity contribution in [1.82, 2.24) is 24.5 Å². The van der Waals surface area contributed by atoms with Gasteiger partial charge in [0.1, 0.15) is 12.4 Å². The number of ether oxygens (including phenoxy) is 1. The summed E-state index contributed by atoms with van der Waals surface area (Å²) >= 11 is 0. The van der Waals surface area contributed by atoms with Gasteiger partial charge in [0.15, 0.2) is 5.75 Å². The molecule has 4 aromatic rings. The molecule has 336 valence electrons. The number of hydrogen-bond donors (Lipinski definition) is 3. The minimum Gasteiger partial charge on any atom is -0.387 e. The van der Waals surface area contributed by atoms with Gasteiger partial charge in [-0.25, -0.2) is 31.5 Å². The van der Waals surface area contributed by atoms with Crippen LogP contribution in [-0.4, -0.2) is 92.4 Å². The van der Waals surface area contributed by atoms with E-state index >= 15 is 0 Å². The average Bonchev–Trinajstić information content (AvgIpc) is 4.00. The van der Waals surface area contributed by atoms with E-state index in [-0.39, 0.29) is 11.1 Å². The van der Waals surface area contributed by atoms with Crippen LogP contribution in [0.3, 0.4) is 0 Å². The number of nitrogens with one attached hydrogen (secondary N) is 2. The summed E-state index contributed by atoms with van der Waals surface area (Å²) in [7, 11) is -7.06. The normalized spacial score (nSPS) is 16.6. The number of nitriles is 1. The molecule has 2 saturated heterocycles. The third kappa shape index (κ3) is 11.8. The van der Waals surface area contributed by atoms with E-state index in [2.05, 4.69) is 59.4 Å². The Morgan fingerprint density at radius 2 is 1.28 bits per heavy atom.